The summed E-state index contributed by atoms with van der Waals surface area (Å²) in [6.07, 6.45) is 0. The Hall–Kier alpha value is -1.78. The van der Waals surface area contributed by atoms with Gasteiger partial charge in [-0.3, -0.25) is 4.79 Å². The van der Waals surface area contributed by atoms with Crippen LogP contribution in [0.2, 0.25) is 0 Å². The van der Waals surface area contributed by atoms with Crippen molar-refractivity contribution in [3.63, 3.8) is 0 Å². The van der Waals surface area contributed by atoms with E-state index in [1.807, 2.05) is 0 Å². The first-order valence-corrected chi connectivity index (χ1v) is 4.27. The molecule has 1 aromatic rings. The second-order valence-corrected chi connectivity index (χ2v) is 2.99. The lowest BCUT2D eigenvalue weighted by atomic mass is 10.1. The molecule has 80 valence electrons. The molecule has 1 amide bonds. The third-order valence-electron chi connectivity index (χ3n) is 1.70. The molecule has 0 saturated carbocycles. The van der Waals surface area contributed by atoms with E-state index in [2.05, 4.69) is 10.5 Å². The monoisotopic (exact) mass is 212 g/mol. The maximum Gasteiger partial charge on any atom is 0.236 e. The smallest absolute Gasteiger partial charge is 0.236 e. The topological polar surface area (TPSA) is 41.5 Å². The van der Waals surface area contributed by atoms with Crippen LogP contribution in [-0.4, -0.2) is 11.6 Å². The van der Waals surface area contributed by atoms with Crippen LogP contribution in [0.4, 0.5) is 8.78 Å². The molecule has 0 aliphatic heterocycles. The van der Waals surface area contributed by atoms with Crippen molar-refractivity contribution in [2.75, 3.05) is 0 Å². The molecule has 0 aromatic heterocycles. The van der Waals surface area contributed by atoms with Crippen molar-refractivity contribution in [2.24, 2.45) is 5.10 Å². The van der Waals surface area contributed by atoms with Crippen LogP contribution in [0.3, 0.4) is 0 Å². The van der Waals surface area contributed by atoms with Gasteiger partial charge in [0.25, 0.3) is 0 Å². The predicted molar refractivity (Wildman–Crippen MR) is 52.4 cm³/mol. The minimum atomic E-state index is -0.581. The van der Waals surface area contributed by atoms with Crippen molar-refractivity contribution < 1.29 is 13.6 Å². The highest BCUT2D eigenvalue weighted by Crippen LogP contribution is 2.10. The molecule has 15 heavy (non-hydrogen) atoms. The van der Waals surface area contributed by atoms with Crippen LogP contribution >= 0.6 is 0 Å². The Labute approximate surface area is 85.8 Å². The molecule has 0 fully saturated rings. The number of amides is 1. The van der Waals surface area contributed by atoms with Crippen molar-refractivity contribution in [1.29, 1.82) is 0 Å². The maximum absolute atomic E-state index is 13.2. The predicted octanol–water partition coefficient (Wildman–Crippen LogP) is 1.82. The van der Waals surface area contributed by atoms with Gasteiger partial charge in [-0.25, -0.2) is 14.2 Å². The lowest BCUT2D eigenvalue weighted by Crippen LogP contribution is -2.15. The third-order valence-corrected chi connectivity index (χ3v) is 1.70. The van der Waals surface area contributed by atoms with E-state index in [0.29, 0.717) is 0 Å². The second kappa shape index (κ2) is 4.63. The number of hydrazone groups is 1. The molecule has 5 heteroatoms. The normalized spacial score (nSPS) is 11.3. The zero-order valence-corrected chi connectivity index (χ0v) is 8.34. The summed E-state index contributed by atoms with van der Waals surface area (Å²) in [5.74, 6) is -1.50. The number of rotatable bonds is 2. The summed E-state index contributed by atoms with van der Waals surface area (Å²) in [7, 11) is 0. The molecular weight excluding hydrogens is 202 g/mol. The van der Waals surface area contributed by atoms with Gasteiger partial charge in [-0.1, -0.05) is 0 Å². The van der Waals surface area contributed by atoms with Crippen LogP contribution in [0.25, 0.3) is 0 Å². The Bertz CT molecular complexity index is 416. The third kappa shape index (κ3) is 3.12. The minimum absolute atomic E-state index is 0.0313. The van der Waals surface area contributed by atoms with Crippen LogP contribution in [0.1, 0.15) is 19.4 Å². The fourth-order valence-electron chi connectivity index (χ4n) is 0.998. The lowest BCUT2D eigenvalue weighted by molar-refractivity contribution is -0.118. The van der Waals surface area contributed by atoms with Gasteiger partial charge in [0.1, 0.15) is 11.6 Å². The average molecular weight is 212 g/mol. The molecule has 1 aromatic carbocycles. The molecule has 1 rings (SSSR count). The van der Waals surface area contributed by atoms with Gasteiger partial charge >= 0.3 is 0 Å². The van der Waals surface area contributed by atoms with E-state index in [1.54, 1.807) is 0 Å². The van der Waals surface area contributed by atoms with Crippen molar-refractivity contribution >= 4 is 11.6 Å². The van der Waals surface area contributed by atoms with E-state index in [-0.39, 0.29) is 17.2 Å². The van der Waals surface area contributed by atoms with Gasteiger partial charge in [0, 0.05) is 12.5 Å². The Morgan fingerprint density at radius 1 is 1.33 bits per heavy atom. The molecule has 0 atom stereocenters. The summed E-state index contributed by atoms with van der Waals surface area (Å²) in [5, 5.41) is 3.61. The van der Waals surface area contributed by atoms with Crippen LogP contribution in [-0.2, 0) is 4.79 Å². The minimum Gasteiger partial charge on any atom is -0.274 e. The van der Waals surface area contributed by atoms with Gasteiger partial charge in [0.05, 0.1) is 5.71 Å². The Balaban J connectivity index is 2.99. The van der Waals surface area contributed by atoms with Crippen molar-refractivity contribution in [3.05, 3.63) is 35.4 Å². The van der Waals surface area contributed by atoms with Crippen molar-refractivity contribution in [1.82, 2.24) is 5.43 Å². The lowest BCUT2D eigenvalue weighted by Gasteiger charge is -2.02. The summed E-state index contributed by atoms with van der Waals surface area (Å²) >= 11 is 0. The van der Waals surface area contributed by atoms with E-state index >= 15 is 0 Å². The number of carbonyl (C=O) groups excluding carboxylic acids is 1. The Morgan fingerprint density at radius 3 is 2.60 bits per heavy atom. The Morgan fingerprint density at radius 2 is 2.00 bits per heavy atom. The summed E-state index contributed by atoms with van der Waals surface area (Å²) in [5.41, 5.74) is 2.39. The van der Waals surface area contributed by atoms with Gasteiger partial charge < -0.3 is 0 Å². The molecule has 0 radical (unpaired) electrons. The number of nitrogens with zero attached hydrogens (tertiary/aromatic N) is 1. The first-order chi connectivity index (χ1) is 7.00. The highest BCUT2D eigenvalue weighted by Gasteiger charge is 2.06. The van der Waals surface area contributed by atoms with Crippen LogP contribution in [0.15, 0.2) is 23.3 Å². The van der Waals surface area contributed by atoms with Gasteiger partial charge in [-0.05, 0) is 25.1 Å². The fraction of sp³-hybridized carbons (Fsp3) is 0.200. The number of hydrogen-bond acceptors (Lipinski definition) is 2. The largest absolute Gasteiger partial charge is 0.274 e. The number of carbonyl (C=O) groups is 1. The summed E-state index contributed by atoms with van der Waals surface area (Å²) in [4.78, 5) is 10.5. The maximum atomic E-state index is 13.2. The van der Waals surface area contributed by atoms with Gasteiger partial charge in [-0.2, -0.15) is 5.10 Å². The van der Waals surface area contributed by atoms with E-state index in [4.69, 9.17) is 0 Å². The Kier molecular flexibility index (Phi) is 3.49. The van der Waals surface area contributed by atoms with Gasteiger partial charge in [0.15, 0.2) is 0 Å². The first-order valence-electron chi connectivity index (χ1n) is 4.27. The first kappa shape index (κ1) is 11.3. The standard InChI is InChI=1S/C10H10F2N2O/c1-6(13-14-7(2)15)9-5-8(11)3-4-10(9)12/h3-5H,1-2H3,(H,14,15)/b13-6-. The number of halogens is 2. The summed E-state index contributed by atoms with van der Waals surface area (Å²) < 4.78 is 26.0. The zero-order chi connectivity index (χ0) is 11.4. The molecule has 0 aliphatic rings. The molecule has 0 saturated heterocycles. The van der Waals surface area contributed by atoms with E-state index in [9.17, 15) is 13.6 Å². The molecule has 0 spiro atoms. The van der Waals surface area contributed by atoms with E-state index in [0.717, 1.165) is 18.2 Å². The van der Waals surface area contributed by atoms with E-state index in [1.165, 1.54) is 13.8 Å². The molecule has 0 aliphatic carbocycles. The number of benzene rings is 1. The molecular formula is C10H10F2N2O. The molecule has 0 heterocycles. The van der Waals surface area contributed by atoms with E-state index < -0.39 is 11.6 Å². The zero-order valence-electron chi connectivity index (χ0n) is 8.34. The average Bonchev–Trinajstić information content (AvgIpc) is 2.18. The van der Waals surface area contributed by atoms with Gasteiger partial charge in [0.2, 0.25) is 5.91 Å². The van der Waals surface area contributed by atoms with Crippen molar-refractivity contribution in [2.45, 2.75) is 13.8 Å². The summed E-state index contributed by atoms with van der Waals surface area (Å²) in [6.45, 7) is 2.76. The quantitative estimate of drug-likeness (QED) is 0.589. The molecule has 0 unspecified atom stereocenters. The highest BCUT2D eigenvalue weighted by atomic mass is 19.1. The number of hydrogen-bond donors (Lipinski definition) is 1. The molecule has 3 nitrogen and oxygen atoms in total. The summed E-state index contributed by atoms with van der Waals surface area (Å²) in [6, 6.07) is 3.05. The van der Waals surface area contributed by atoms with Crippen molar-refractivity contribution in [3.8, 4) is 0 Å². The molecule has 0 bridgehead atoms. The van der Waals surface area contributed by atoms with Crippen LogP contribution < -0.4 is 5.43 Å². The molecule has 1 N–H and O–H groups in total. The van der Waals surface area contributed by atoms with Crippen LogP contribution in [0, 0.1) is 11.6 Å². The second-order valence-electron chi connectivity index (χ2n) is 2.99. The SMILES string of the molecule is CC(=O)N/N=C(/C)c1cc(F)ccc1F. The van der Waals surface area contributed by atoms with Crippen LogP contribution in [0.5, 0.6) is 0 Å². The van der Waals surface area contributed by atoms with Gasteiger partial charge in [-0.15, -0.1) is 0 Å². The number of nitrogens with one attached hydrogen (secondary N) is 1. The fourth-order valence-corrected chi connectivity index (χ4v) is 0.998. The highest BCUT2D eigenvalue weighted by molar-refractivity contribution is 5.99.